The Kier molecular flexibility index (Phi) is 12.2. The normalized spacial score (nSPS) is 12.0. The lowest BCUT2D eigenvalue weighted by Gasteiger charge is -2.22. The maximum absolute atomic E-state index is 14.3. The van der Waals surface area contributed by atoms with E-state index >= 15 is 0 Å². The second kappa shape index (κ2) is 16.1. The zero-order valence-corrected chi connectivity index (χ0v) is 29.2. The molecule has 48 heavy (non-hydrogen) atoms. The number of anilines is 3. The number of amides is 2. The number of carbonyl (C=O) groups is 2. The molecule has 13 nitrogen and oxygen atoms in total. The molecule has 0 aliphatic carbocycles. The molecule has 0 saturated heterocycles. The van der Waals surface area contributed by atoms with Crippen molar-refractivity contribution in [2.24, 2.45) is 4.99 Å². The molecule has 3 N–H and O–H groups in total. The number of rotatable bonds is 13. The molecular formula is C32H34Cl2N7O6S-. The van der Waals surface area contributed by atoms with Gasteiger partial charge >= 0.3 is 0 Å². The molecule has 0 bridgehead atoms. The first-order valence-corrected chi connectivity index (χ1v) is 16.6. The predicted octanol–water partition coefficient (Wildman–Crippen LogP) is 4.97. The Balaban J connectivity index is 1.98. The van der Waals surface area contributed by atoms with E-state index in [1.807, 2.05) is 32.9 Å². The number of aromatic nitrogens is 2. The second-order valence-electron chi connectivity index (χ2n) is 10.5. The third-order valence-corrected chi connectivity index (χ3v) is 8.45. The minimum Gasteiger partial charge on any atom is -0.755 e. The molecule has 1 heterocycles. The molecule has 0 saturated carbocycles. The van der Waals surface area contributed by atoms with Gasteiger partial charge in [0, 0.05) is 55.7 Å². The summed E-state index contributed by atoms with van der Waals surface area (Å²) in [6.07, 6.45) is 0. The molecular weight excluding hydrogens is 681 g/mol. The van der Waals surface area contributed by atoms with Crippen LogP contribution in [0.5, 0.6) is 5.75 Å². The van der Waals surface area contributed by atoms with E-state index < -0.39 is 22.7 Å². The van der Waals surface area contributed by atoms with Crippen molar-refractivity contribution in [3.63, 3.8) is 0 Å². The highest BCUT2D eigenvalue weighted by Gasteiger charge is 2.25. The summed E-state index contributed by atoms with van der Waals surface area (Å²) in [6.45, 7) is 8.83. The molecule has 4 rings (SSSR count). The average molecular weight is 716 g/mol. The van der Waals surface area contributed by atoms with Gasteiger partial charge in [0.1, 0.15) is 5.75 Å². The molecule has 1 unspecified atom stereocenters. The van der Waals surface area contributed by atoms with Crippen molar-refractivity contribution in [3.05, 3.63) is 80.3 Å². The van der Waals surface area contributed by atoms with Gasteiger partial charge in [-0.2, -0.15) is 0 Å². The predicted molar refractivity (Wildman–Crippen MR) is 190 cm³/mol. The van der Waals surface area contributed by atoms with Crippen molar-refractivity contribution in [3.8, 4) is 5.75 Å². The lowest BCUT2D eigenvalue weighted by atomic mass is 10.1. The summed E-state index contributed by atoms with van der Waals surface area (Å²) in [7, 11) is 1.39. The molecule has 0 fully saturated rings. The van der Waals surface area contributed by atoms with Gasteiger partial charge in [-0.1, -0.05) is 23.2 Å². The first kappa shape index (κ1) is 36.3. The Morgan fingerprint density at radius 2 is 1.79 bits per heavy atom. The fourth-order valence-electron chi connectivity index (χ4n) is 4.97. The number of nitrogens with one attached hydrogen (secondary N) is 3. The van der Waals surface area contributed by atoms with E-state index in [1.54, 1.807) is 6.07 Å². The number of hydrogen-bond donors (Lipinski definition) is 3. The number of aryl methyl sites for hydroxylation is 1. The van der Waals surface area contributed by atoms with Gasteiger partial charge in [-0.25, -0.2) is 9.98 Å². The van der Waals surface area contributed by atoms with Gasteiger partial charge in [0.15, 0.2) is 11.5 Å². The van der Waals surface area contributed by atoms with E-state index in [0.29, 0.717) is 5.69 Å². The Bertz CT molecular complexity index is 1980. The van der Waals surface area contributed by atoms with Crippen LogP contribution in [0.3, 0.4) is 0 Å². The molecule has 1 aromatic heterocycles. The number of ether oxygens (including phenoxy) is 1. The zero-order valence-electron chi connectivity index (χ0n) is 26.8. The molecule has 16 heteroatoms. The van der Waals surface area contributed by atoms with Crippen molar-refractivity contribution in [2.75, 3.05) is 41.7 Å². The van der Waals surface area contributed by atoms with Gasteiger partial charge in [0.25, 0.3) is 11.5 Å². The van der Waals surface area contributed by atoms with Gasteiger partial charge in [-0.3, -0.25) is 23.2 Å². The molecule has 254 valence electrons. The monoisotopic (exact) mass is 714 g/mol. The van der Waals surface area contributed by atoms with E-state index in [1.165, 1.54) is 48.9 Å². The maximum Gasteiger partial charge on any atom is 0.278 e. The molecule has 0 spiro atoms. The van der Waals surface area contributed by atoms with Crippen molar-refractivity contribution in [2.45, 2.75) is 34.2 Å². The number of nitrogens with zero attached hydrogens (tertiary/aromatic N) is 4. The highest BCUT2D eigenvalue weighted by atomic mass is 35.5. The van der Waals surface area contributed by atoms with Crippen LogP contribution in [-0.2, 0) is 27.4 Å². The SMILES string of the molecule is CCN(CC)c1ccc(N=C(C(=O)Nc2cc(NS(=O)[O-])ccc2OC)c2nc3cc(Cl)c(Cl)cc3c(=O)n2CCNC(C)=O)c(C)c1. The Morgan fingerprint density at radius 1 is 1.08 bits per heavy atom. The summed E-state index contributed by atoms with van der Waals surface area (Å²) in [5.41, 5.74) is 1.77. The summed E-state index contributed by atoms with van der Waals surface area (Å²) in [4.78, 5) is 51.5. The Morgan fingerprint density at radius 3 is 2.42 bits per heavy atom. The first-order valence-electron chi connectivity index (χ1n) is 14.8. The number of benzene rings is 3. The quantitative estimate of drug-likeness (QED) is 0.129. The van der Waals surface area contributed by atoms with Gasteiger partial charge in [-0.15, -0.1) is 0 Å². The highest BCUT2D eigenvalue weighted by molar-refractivity contribution is 7.80. The van der Waals surface area contributed by atoms with Crippen LogP contribution < -0.4 is 30.6 Å². The van der Waals surface area contributed by atoms with Crippen molar-refractivity contribution in [1.29, 1.82) is 0 Å². The number of carbonyl (C=O) groups excluding carboxylic acids is 2. The Labute approximate surface area is 289 Å². The molecule has 0 aliphatic heterocycles. The summed E-state index contributed by atoms with van der Waals surface area (Å²) < 4.78 is 31.5. The van der Waals surface area contributed by atoms with Crippen LogP contribution in [0.1, 0.15) is 32.2 Å². The maximum atomic E-state index is 14.3. The van der Waals surface area contributed by atoms with Crippen molar-refractivity contribution >= 4 is 85.6 Å². The fourth-order valence-corrected chi connectivity index (χ4v) is 5.61. The molecule has 2 amide bonds. The molecule has 1 atom stereocenters. The van der Waals surface area contributed by atoms with E-state index in [9.17, 15) is 23.1 Å². The topological polar surface area (TPSA) is 170 Å². The second-order valence-corrected chi connectivity index (χ2v) is 12.0. The Hall–Kier alpha value is -4.50. The van der Waals surface area contributed by atoms with Gasteiger partial charge in [0.05, 0.1) is 39.4 Å². The van der Waals surface area contributed by atoms with Crippen LogP contribution >= 0.6 is 23.2 Å². The third-order valence-electron chi connectivity index (χ3n) is 7.32. The van der Waals surface area contributed by atoms with Crippen molar-refractivity contribution in [1.82, 2.24) is 14.9 Å². The van der Waals surface area contributed by atoms with Crippen LogP contribution in [0.2, 0.25) is 10.0 Å². The standard InChI is InChI=1S/C32H35Cl2N7O6S/c1-6-40(7-2)21-9-10-25(18(3)14-21)36-29(31(43)38-27-15-20(39-48(45)46)8-11-28(27)47-5)30-37-26-17-24(34)23(33)16-22(26)32(44)41(30)13-12-35-19(4)42/h8-11,14-17,39H,6-7,12-13H2,1-5H3,(H,35,42)(H,38,43)(H,45,46)/p-1. The fraction of sp³-hybridized carbons (Fsp3) is 0.281. The van der Waals surface area contributed by atoms with E-state index in [2.05, 4.69) is 25.2 Å². The van der Waals surface area contributed by atoms with Crippen LogP contribution in [0.4, 0.5) is 22.7 Å². The highest BCUT2D eigenvalue weighted by Crippen LogP contribution is 2.30. The largest absolute Gasteiger partial charge is 0.755 e. The number of fused-ring (bicyclic) bond motifs is 1. The number of aliphatic imine (C=N–C) groups is 1. The number of hydrogen-bond acceptors (Lipinski definition) is 9. The first-order chi connectivity index (χ1) is 22.9. The smallest absolute Gasteiger partial charge is 0.278 e. The van der Waals surface area contributed by atoms with Gasteiger partial charge < -0.3 is 29.5 Å². The molecule has 0 radical (unpaired) electrons. The van der Waals surface area contributed by atoms with E-state index in [0.717, 1.165) is 24.3 Å². The van der Waals surface area contributed by atoms with Crippen LogP contribution in [-0.4, -0.2) is 62.6 Å². The molecule has 0 aliphatic rings. The number of halogens is 2. The minimum absolute atomic E-state index is 0.0388. The summed E-state index contributed by atoms with van der Waals surface area (Å²) in [6, 6.07) is 12.7. The van der Waals surface area contributed by atoms with E-state index in [-0.39, 0.29) is 68.6 Å². The molecule has 4 aromatic rings. The number of methoxy groups -OCH3 is 1. The summed E-state index contributed by atoms with van der Waals surface area (Å²) in [5, 5.41) is 5.82. The third kappa shape index (κ3) is 8.50. The van der Waals surface area contributed by atoms with Gasteiger partial charge in [-0.05, 0) is 74.9 Å². The lowest BCUT2D eigenvalue weighted by molar-refractivity contribution is -0.119. The van der Waals surface area contributed by atoms with Crippen LogP contribution in [0.15, 0.2) is 58.3 Å². The van der Waals surface area contributed by atoms with Crippen LogP contribution in [0.25, 0.3) is 10.9 Å². The average Bonchev–Trinajstić information content (AvgIpc) is 3.03. The van der Waals surface area contributed by atoms with E-state index in [4.69, 9.17) is 32.9 Å². The lowest BCUT2D eigenvalue weighted by Crippen LogP contribution is -2.36. The zero-order chi connectivity index (χ0) is 35.1. The summed E-state index contributed by atoms with van der Waals surface area (Å²) >= 11 is 9.91. The molecule has 3 aromatic carbocycles. The summed E-state index contributed by atoms with van der Waals surface area (Å²) in [5.74, 6) is -1.00. The minimum atomic E-state index is -2.63. The van der Waals surface area contributed by atoms with Crippen molar-refractivity contribution < 1.29 is 23.1 Å². The van der Waals surface area contributed by atoms with Crippen LogP contribution in [0, 0.1) is 6.92 Å². The van der Waals surface area contributed by atoms with Gasteiger partial charge in [0.2, 0.25) is 5.91 Å².